The zero-order valence-electron chi connectivity index (χ0n) is 12.3. The molecule has 0 bridgehead atoms. The summed E-state index contributed by atoms with van der Waals surface area (Å²) in [6.45, 7) is 5.75. The Morgan fingerprint density at radius 2 is 2.05 bits per heavy atom. The molecular weight excluding hydrogens is 248 g/mol. The molecule has 0 aliphatic rings. The number of hydrogen-bond acceptors (Lipinski definition) is 2. The summed E-state index contributed by atoms with van der Waals surface area (Å²) in [5, 5.41) is 1.14. The second-order valence-corrected chi connectivity index (χ2v) is 3.99. The Labute approximate surface area is 120 Å². The first-order valence-corrected chi connectivity index (χ1v) is 6.48. The first-order valence-electron chi connectivity index (χ1n) is 6.48. The number of benzene rings is 1. The van der Waals surface area contributed by atoms with E-state index in [4.69, 9.17) is 4.74 Å². The van der Waals surface area contributed by atoms with Crippen LogP contribution in [0.25, 0.3) is 16.5 Å². The van der Waals surface area contributed by atoms with Crippen molar-refractivity contribution in [2.75, 3.05) is 14.2 Å². The summed E-state index contributed by atoms with van der Waals surface area (Å²) in [7, 11) is 3.18. The molecule has 0 atom stereocenters. The summed E-state index contributed by atoms with van der Waals surface area (Å²) in [5.41, 5.74) is 7.80. The largest absolute Gasteiger partial charge is 0.497 e. The zero-order valence-corrected chi connectivity index (χ0v) is 12.3. The molecule has 0 amide bonds. The van der Waals surface area contributed by atoms with Crippen LogP contribution in [0.5, 0.6) is 5.75 Å². The van der Waals surface area contributed by atoms with Gasteiger partial charge in [0.05, 0.1) is 7.11 Å². The average Bonchev–Trinajstić information content (AvgIpc) is 2.91. The van der Waals surface area contributed by atoms with Crippen molar-refractivity contribution in [3.8, 4) is 5.75 Å². The number of methoxy groups -OCH3 is 1. The predicted octanol–water partition coefficient (Wildman–Crippen LogP) is 3.90. The third-order valence-electron chi connectivity index (χ3n) is 2.78. The lowest BCUT2D eigenvalue weighted by molar-refractivity contribution is 0.415. The van der Waals surface area contributed by atoms with Gasteiger partial charge in [0.25, 0.3) is 0 Å². The molecule has 3 nitrogen and oxygen atoms in total. The second kappa shape index (κ2) is 8.02. The SMILES string of the molecule is C=C/C=C(\C=C/C)c1cc2cc(OC)ccc2[nH]1.CN. The predicted molar refractivity (Wildman–Crippen MR) is 88.0 cm³/mol. The van der Waals surface area contributed by atoms with Gasteiger partial charge >= 0.3 is 0 Å². The van der Waals surface area contributed by atoms with E-state index < -0.39 is 0 Å². The number of H-pyrrole nitrogens is 1. The summed E-state index contributed by atoms with van der Waals surface area (Å²) in [5.74, 6) is 0.869. The summed E-state index contributed by atoms with van der Waals surface area (Å²) in [6.07, 6.45) is 7.86. The summed E-state index contributed by atoms with van der Waals surface area (Å²) >= 11 is 0. The first kappa shape index (κ1) is 15.8. The van der Waals surface area contributed by atoms with E-state index in [0.29, 0.717) is 0 Å². The van der Waals surface area contributed by atoms with Gasteiger partial charge in [-0.1, -0.05) is 30.9 Å². The van der Waals surface area contributed by atoms with Crippen LogP contribution in [0.1, 0.15) is 12.6 Å². The topological polar surface area (TPSA) is 51.0 Å². The van der Waals surface area contributed by atoms with Crippen molar-refractivity contribution in [1.29, 1.82) is 0 Å². The lowest BCUT2D eigenvalue weighted by Crippen LogP contribution is -1.80. The molecule has 0 saturated heterocycles. The van der Waals surface area contributed by atoms with E-state index in [-0.39, 0.29) is 0 Å². The fraction of sp³-hybridized carbons (Fsp3) is 0.176. The van der Waals surface area contributed by atoms with Gasteiger partial charge in [-0.15, -0.1) is 0 Å². The number of aromatic nitrogens is 1. The minimum atomic E-state index is 0.869. The number of nitrogens with one attached hydrogen (secondary N) is 1. The van der Waals surface area contributed by atoms with Crippen molar-refractivity contribution < 1.29 is 4.74 Å². The Morgan fingerprint density at radius 3 is 2.65 bits per heavy atom. The highest BCUT2D eigenvalue weighted by Gasteiger charge is 2.04. The standard InChI is InChI=1S/C16H17NO.CH5N/c1-4-6-12(7-5-2)16-11-13-10-14(18-3)8-9-15(13)17-16;1-2/h4-11,17H,1H2,2-3H3;2H2,1H3/b7-5-,12-6+;. The Morgan fingerprint density at radius 1 is 1.30 bits per heavy atom. The van der Waals surface area contributed by atoms with Crippen molar-refractivity contribution in [3.63, 3.8) is 0 Å². The molecule has 1 aromatic carbocycles. The molecule has 2 aromatic rings. The quantitative estimate of drug-likeness (QED) is 0.828. The second-order valence-electron chi connectivity index (χ2n) is 3.99. The van der Waals surface area contributed by atoms with E-state index in [0.717, 1.165) is 27.9 Å². The van der Waals surface area contributed by atoms with Gasteiger partial charge in [0.15, 0.2) is 0 Å². The Kier molecular flexibility index (Phi) is 6.33. The summed E-state index contributed by atoms with van der Waals surface area (Å²) in [4.78, 5) is 3.39. The number of fused-ring (bicyclic) bond motifs is 1. The highest BCUT2D eigenvalue weighted by molar-refractivity contribution is 5.87. The molecule has 106 valence electrons. The maximum atomic E-state index is 5.23. The molecule has 0 spiro atoms. The van der Waals surface area contributed by atoms with Gasteiger partial charge in [-0.3, -0.25) is 0 Å². The normalized spacial score (nSPS) is 11.3. The molecule has 0 aliphatic carbocycles. The van der Waals surface area contributed by atoms with E-state index >= 15 is 0 Å². The maximum absolute atomic E-state index is 5.23. The van der Waals surface area contributed by atoms with Crippen molar-refractivity contribution in [1.82, 2.24) is 4.98 Å². The number of rotatable bonds is 4. The molecule has 1 heterocycles. The molecule has 0 radical (unpaired) electrons. The van der Waals surface area contributed by atoms with Crippen LogP contribution in [0.15, 0.2) is 55.1 Å². The van der Waals surface area contributed by atoms with E-state index in [1.807, 2.05) is 37.3 Å². The molecule has 2 rings (SSSR count). The number of ether oxygens (including phenoxy) is 1. The van der Waals surface area contributed by atoms with Crippen molar-refractivity contribution in [2.24, 2.45) is 5.73 Å². The summed E-state index contributed by atoms with van der Waals surface area (Å²) < 4.78 is 5.23. The third-order valence-corrected chi connectivity index (χ3v) is 2.78. The lowest BCUT2D eigenvalue weighted by atomic mass is 10.1. The average molecular weight is 270 g/mol. The highest BCUT2D eigenvalue weighted by atomic mass is 16.5. The van der Waals surface area contributed by atoms with E-state index in [9.17, 15) is 0 Å². The first-order chi connectivity index (χ1) is 9.78. The Bertz CT molecular complexity index is 621. The van der Waals surface area contributed by atoms with Crippen molar-refractivity contribution in [2.45, 2.75) is 6.92 Å². The number of aromatic amines is 1. The minimum Gasteiger partial charge on any atom is -0.497 e. The van der Waals surface area contributed by atoms with Crippen molar-refractivity contribution in [3.05, 3.63) is 60.8 Å². The van der Waals surface area contributed by atoms with Crippen LogP contribution >= 0.6 is 0 Å². The monoisotopic (exact) mass is 270 g/mol. The van der Waals surface area contributed by atoms with Gasteiger partial charge in [0.1, 0.15) is 5.75 Å². The van der Waals surface area contributed by atoms with Crippen LogP contribution in [0.3, 0.4) is 0 Å². The third kappa shape index (κ3) is 3.62. The van der Waals surface area contributed by atoms with Crippen LogP contribution in [0.4, 0.5) is 0 Å². The van der Waals surface area contributed by atoms with Gasteiger partial charge in [-0.2, -0.15) is 0 Å². The van der Waals surface area contributed by atoms with E-state index in [2.05, 4.69) is 29.4 Å². The van der Waals surface area contributed by atoms with Crippen LogP contribution in [0.2, 0.25) is 0 Å². The van der Waals surface area contributed by atoms with Gasteiger partial charge < -0.3 is 15.5 Å². The number of hydrogen-bond donors (Lipinski definition) is 2. The number of nitrogens with two attached hydrogens (primary N) is 1. The maximum Gasteiger partial charge on any atom is 0.119 e. The molecule has 0 aliphatic heterocycles. The van der Waals surface area contributed by atoms with Gasteiger partial charge in [0, 0.05) is 16.6 Å². The molecule has 0 fully saturated rings. The molecule has 20 heavy (non-hydrogen) atoms. The molecule has 3 N–H and O–H groups in total. The zero-order chi connectivity index (χ0) is 15.0. The van der Waals surface area contributed by atoms with E-state index in [1.165, 1.54) is 7.05 Å². The smallest absolute Gasteiger partial charge is 0.119 e. The van der Waals surface area contributed by atoms with Gasteiger partial charge in [-0.05, 0) is 43.8 Å². The molecule has 3 heteroatoms. The van der Waals surface area contributed by atoms with E-state index in [1.54, 1.807) is 13.2 Å². The van der Waals surface area contributed by atoms with Crippen molar-refractivity contribution >= 4 is 16.5 Å². The van der Waals surface area contributed by atoms with Crippen LogP contribution < -0.4 is 10.5 Å². The van der Waals surface area contributed by atoms with Crippen LogP contribution in [-0.4, -0.2) is 19.1 Å². The van der Waals surface area contributed by atoms with Gasteiger partial charge in [0.2, 0.25) is 0 Å². The number of allylic oxidation sites excluding steroid dienone is 5. The fourth-order valence-corrected chi connectivity index (χ4v) is 1.93. The van der Waals surface area contributed by atoms with Crippen LogP contribution in [-0.2, 0) is 0 Å². The van der Waals surface area contributed by atoms with Crippen LogP contribution in [0, 0.1) is 0 Å². The fourth-order valence-electron chi connectivity index (χ4n) is 1.93. The summed E-state index contributed by atoms with van der Waals surface area (Å²) in [6, 6.07) is 8.12. The molecule has 1 aromatic heterocycles. The highest BCUT2D eigenvalue weighted by Crippen LogP contribution is 2.25. The Balaban J connectivity index is 0.000000956. The lowest BCUT2D eigenvalue weighted by Gasteiger charge is -1.97. The Hall–Kier alpha value is -2.26. The van der Waals surface area contributed by atoms with Gasteiger partial charge in [-0.25, -0.2) is 0 Å². The molecule has 0 saturated carbocycles. The molecular formula is C17H22N2O. The molecule has 0 unspecified atom stereocenters. The minimum absolute atomic E-state index is 0.869.